The van der Waals surface area contributed by atoms with Crippen molar-refractivity contribution < 1.29 is 0 Å². The predicted octanol–water partition coefficient (Wildman–Crippen LogP) is 1.06. The quantitative estimate of drug-likeness (QED) is 0.602. The zero-order valence-corrected chi connectivity index (χ0v) is 5.96. The van der Waals surface area contributed by atoms with Gasteiger partial charge in [-0.05, 0) is 18.9 Å². The fourth-order valence-electron chi connectivity index (χ4n) is 1.71. The third-order valence-corrected chi connectivity index (χ3v) is 2.23. The molecule has 3 heteroatoms. The molecule has 0 radical (unpaired) electrons. The number of hydrogen-bond donors (Lipinski definition) is 1. The molecule has 0 amide bonds. The molecule has 0 bridgehead atoms. The number of nitrogens with zero attached hydrogens (tertiary/aromatic N) is 2. The van der Waals surface area contributed by atoms with Crippen LogP contribution in [0.4, 0.5) is 0 Å². The van der Waals surface area contributed by atoms with E-state index >= 15 is 0 Å². The van der Waals surface area contributed by atoms with Crippen molar-refractivity contribution in [2.45, 2.75) is 12.8 Å². The average Bonchev–Trinajstić information content (AvgIpc) is 2.60. The number of aromatic amines is 1. The van der Waals surface area contributed by atoms with Gasteiger partial charge in [0.05, 0.1) is 11.2 Å². The molecule has 2 heterocycles. The highest BCUT2D eigenvalue weighted by atomic mass is 15.1. The van der Waals surface area contributed by atoms with Gasteiger partial charge < -0.3 is 0 Å². The Morgan fingerprint density at radius 2 is 2.36 bits per heavy atom. The molecular formula is C8H7N3. The van der Waals surface area contributed by atoms with Crippen molar-refractivity contribution in [3.05, 3.63) is 23.7 Å². The van der Waals surface area contributed by atoms with Crippen molar-refractivity contribution in [2.24, 2.45) is 0 Å². The van der Waals surface area contributed by atoms with Crippen molar-refractivity contribution in [1.29, 1.82) is 0 Å². The van der Waals surface area contributed by atoms with Crippen LogP contribution in [0.2, 0.25) is 0 Å². The first-order chi connectivity index (χ1) is 5.45. The Morgan fingerprint density at radius 1 is 1.36 bits per heavy atom. The molecule has 54 valence electrons. The zero-order chi connectivity index (χ0) is 7.26. The second-order valence-electron chi connectivity index (χ2n) is 2.85. The van der Waals surface area contributed by atoms with Gasteiger partial charge in [0.15, 0.2) is 0 Å². The van der Waals surface area contributed by atoms with Crippen molar-refractivity contribution in [1.82, 2.24) is 15.2 Å². The Labute approximate surface area is 63.5 Å². The summed E-state index contributed by atoms with van der Waals surface area (Å²) >= 11 is 0. The summed E-state index contributed by atoms with van der Waals surface area (Å²) in [6.45, 7) is 0. The third-order valence-electron chi connectivity index (χ3n) is 2.23. The second kappa shape index (κ2) is 1.61. The Hall–Kier alpha value is -1.38. The lowest BCUT2D eigenvalue weighted by atomic mass is 10.3. The number of aryl methyl sites for hydroxylation is 2. The smallest absolute Gasteiger partial charge is 0.0957 e. The number of aromatic nitrogens is 3. The lowest BCUT2D eigenvalue weighted by Crippen LogP contribution is -1.85. The maximum atomic E-state index is 4.29. The average molecular weight is 145 g/mol. The van der Waals surface area contributed by atoms with Crippen LogP contribution >= 0.6 is 0 Å². The van der Waals surface area contributed by atoms with Crippen LogP contribution in [0.15, 0.2) is 12.3 Å². The largest absolute Gasteiger partial charge is 0.281 e. The van der Waals surface area contributed by atoms with Gasteiger partial charge in [-0.15, -0.1) is 0 Å². The van der Waals surface area contributed by atoms with E-state index in [1.54, 1.807) is 0 Å². The summed E-state index contributed by atoms with van der Waals surface area (Å²) < 4.78 is 0. The van der Waals surface area contributed by atoms with Crippen LogP contribution in [-0.4, -0.2) is 15.2 Å². The van der Waals surface area contributed by atoms with Gasteiger partial charge in [-0.25, -0.2) is 0 Å². The maximum Gasteiger partial charge on any atom is 0.0957 e. The first kappa shape index (κ1) is 5.29. The molecule has 0 fully saturated rings. The predicted molar refractivity (Wildman–Crippen MR) is 41.3 cm³/mol. The molecule has 3 rings (SSSR count). The Bertz CT molecular complexity index is 416. The highest BCUT2D eigenvalue weighted by molar-refractivity contribution is 5.85. The van der Waals surface area contributed by atoms with Gasteiger partial charge in [0.1, 0.15) is 0 Å². The monoisotopic (exact) mass is 145 g/mol. The minimum absolute atomic E-state index is 1.06. The van der Waals surface area contributed by atoms with Crippen LogP contribution in [-0.2, 0) is 12.8 Å². The number of H-pyrrole nitrogens is 1. The van der Waals surface area contributed by atoms with E-state index < -0.39 is 0 Å². The summed E-state index contributed by atoms with van der Waals surface area (Å²) in [5, 5.41) is 8.45. The van der Waals surface area contributed by atoms with Gasteiger partial charge in [-0.2, -0.15) is 5.10 Å². The molecule has 11 heavy (non-hydrogen) atoms. The van der Waals surface area contributed by atoms with Crippen LogP contribution in [0.5, 0.6) is 0 Å². The van der Waals surface area contributed by atoms with Crippen molar-refractivity contribution in [3.8, 4) is 0 Å². The van der Waals surface area contributed by atoms with Crippen LogP contribution in [0.1, 0.15) is 11.4 Å². The van der Waals surface area contributed by atoms with E-state index in [2.05, 4.69) is 15.2 Å². The first-order valence-electron chi connectivity index (χ1n) is 3.76. The lowest BCUT2D eigenvalue weighted by molar-refractivity contribution is 0.910. The highest BCUT2D eigenvalue weighted by Gasteiger charge is 2.16. The SMILES string of the molecule is c1cc2n[nH]c3c2c(n1)CC3. The molecule has 1 aliphatic carbocycles. The minimum atomic E-state index is 1.06. The molecule has 2 aromatic heterocycles. The third kappa shape index (κ3) is 0.533. The lowest BCUT2D eigenvalue weighted by Gasteiger charge is -1.90. The van der Waals surface area contributed by atoms with E-state index in [9.17, 15) is 0 Å². The molecule has 1 aliphatic rings. The fourth-order valence-corrected chi connectivity index (χ4v) is 1.71. The second-order valence-corrected chi connectivity index (χ2v) is 2.85. The Balaban J connectivity index is 2.61. The number of hydrogen-bond acceptors (Lipinski definition) is 2. The van der Waals surface area contributed by atoms with Gasteiger partial charge in [-0.3, -0.25) is 10.1 Å². The fraction of sp³-hybridized carbons (Fsp3) is 0.250. The van der Waals surface area contributed by atoms with Gasteiger partial charge in [0.25, 0.3) is 0 Å². The van der Waals surface area contributed by atoms with Crippen LogP contribution in [0.3, 0.4) is 0 Å². The molecule has 0 saturated carbocycles. The molecule has 0 aliphatic heterocycles. The number of pyridine rings is 1. The maximum absolute atomic E-state index is 4.29. The minimum Gasteiger partial charge on any atom is -0.281 e. The standard InChI is InChI=1S/C8H7N3/c1-2-6-8-5(1)9-4-3-7(8)11-10-6/h3-4H,1-2H2,(H,10,11). The van der Waals surface area contributed by atoms with E-state index in [0.717, 1.165) is 18.4 Å². The molecule has 0 spiro atoms. The number of nitrogens with one attached hydrogen (secondary N) is 1. The van der Waals surface area contributed by atoms with Gasteiger partial charge in [0.2, 0.25) is 0 Å². The van der Waals surface area contributed by atoms with E-state index in [1.807, 2.05) is 12.3 Å². The van der Waals surface area contributed by atoms with Gasteiger partial charge in [-0.1, -0.05) is 0 Å². The summed E-state index contributed by atoms with van der Waals surface area (Å²) in [5.41, 5.74) is 3.51. The van der Waals surface area contributed by atoms with Crippen molar-refractivity contribution >= 4 is 10.9 Å². The normalized spacial score (nSPS) is 14.5. The summed E-state index contributed by atoms with van der Waals surface area (Å²) in [5.74, 6) is 0. The topological polar surface area (TPSA) is 41.6 Å². The van der Waals surface area contributed by atoms with Crippen LogP contribution in [0.25, 0.3) is 10.9 Å². The summed E-state index contributed by atoms with van der Waals surface area (Å²) in [7, 11) is 0. The Kier molecular flexibility index (Phi) is 0.776. The summed E-state index contributed by atoms with van der Waals surface area (Å²) in [4.78, 5) is 4.29. The Morgan fingerprint density at radius 3 is 3.36 bits per heavy atom. The number of rotatable bonds is 0. The molecule has 0 aromatic carbocycles. The van der Waals surface area contributed by atoms with Gasteiger partial charge >= 0.3 is 0 Å². The summed E-state index contributed by atoms with van der Waals surface area (Å²) in [6.07, 6.45) is 3.97. The molecular weight excluding hydrogens is 138 g/mol. The van der Waals surface area contributed by atoms with Gasteiger partial charge in [0, 0.05) is 17.3 Å². The van der Waals surface area contributed by atoms with Crippen LogP contribution < -0.4 is 0 Å². The molecule has 0 atom stereocenters. The molecule has 1 N–H and O–H groups in total. The highest BCUT2D eigenvalue weighted by Crippen LogP contribution is 2.26. The molecule has 3 nitrogen and oxygen atoms in total. The molecule has 2 aromatic rings. The molecule has 0 saturated heterocycles. The first-order valence-corrected chi connectivity index (χ1v) is 3.76. The van der Waals surface area contributed by atoms with Crippen molar-refractivity contribution in [2.75, 3.05) is 0 Å². The van der Waals surface area contributed by atoms with E-state index in [-0.39, 0.29) is 0 Å². The van der Waals surface area contributed by atoms with E-state index in [1.165, 1.54) is 16.8 Å². The molecule has 0 unspecified atom stereocenters. The van der Waals surface area contributed by atoms with Crippen LogP contribution in [0, 0.1) is 0 Å². The summed E-state index contributed by atoms with van der Waals surface area (Å²) in [6, 6.07) is 1.95. The zero-order valence-electron chi connectivity index (χ0n) is 5.96. The van der Waals surface area contributed by atoms with E-state index in [4.69, 9.17) is 0 Å². The van der Waals surface area contributed by atoms with E-state index in [0.29, 0.717) is 0 Å². The van der Waals surface area contributed by atoms with Crippen molar-refractivity contribution in [3.63, 3.8) is 0 Å².